The van der Waals surface area contributed by atoms with Crippen LogP contribution in [0.15, 0.2) is 42.5 Å². The summed E-state index contributed by atoms with van der Waals surface area (Å²) < 4.78 is 0. The molecule has 0 aliphatic carbocycles. The van der Waals surface area contributed by atoms with E-state index in [4.69, 9.17) is 5.73 Å². The van der Waals surface area contributed by atoms with Crippen LogP contribution < -0.4 is 11.1 Å². The summed E-state index contributed by atoms with van der Waals surface area (Å²) in [5.74, 6) is -0.340. The molecule has 1 amide bonds. The Kier molecular flexibility index (Phi) is 4.12. The van der Waals surface area contributed by atoms with Crippen LogP contribution in [0.3, 0.4) is 0 Å². The number of hydrogen-bond acceptors (Lipinski definition) is 3. The van der Waals surface area contributed by atoms with Gasteiger partial charge >= 0.3 is 0 Å². The van der Waals surface area contributed by atoms with Gasteiger partial charge in [-0.2, -0.15) is 0 Å². The van der Waals surface area contributed by atoms with Gasteiger partial charge in [0.25, 0.3) is 0 Å². The number of aryl methyl sites for hydroxylation is 1. The number of nitrogens with two attached hydrogens (primary N) is 1. The first-order chi connectivity index (χ1) is 8.66. The molecule has 4 heteroatoms. The third kappa shape index (κ3) is 3.18. The normalized spacial score (nSPS) is 12.3. The van der Waals surface area contributed by atoms with E-state index in [1.807, 2.05) is 49.4 Å². The number of nitrogens with one attached hydrogen (secondary N) is 1. The second kappa shape index (κ2) is 5.80. The zero-order valence-electron chi connectivity index (χ0n) is 10.2. The first kappa shape index (κ1) is 12.8. The van der Waals surface area contributed by atoms with Crippen LogP contribution in [-0.4, -0.2) is 5.91 Å². The zero-order chi connectivity index (χ0) is 13.0. The van der Waals surface area contributed by atoms with Crippen molar-refractivity contribution in [2.45, 2.75) is 19.5 Å². The average molecular weight is 260 g/mol. The van der Waals surface area contributed by atoms with Crippen LogP contribution in [0, 0.1) is 6.92 Å². The van der Waals surface area contributed by atoms with E-state index in [9.17, 15) is 4.79 Å². The van der Waals surface area contributed by atoms with Gasteiger partial charge in [0.15, 0.2) is 0 Å². The van der Waals surface area contributed by atoms with Crippen molar-refractivity contribution in [2.24, 2.45) is 5.73 Å². The number of amides is 1. The number of carbonyl (C=O) groups is 1. The lowest BCUT2D eigenvalue weighted by molar-refractivity contribution is -0.120. The zero-order valence-corrected chi connectivity index (χ0v) is 11.0. The summed E-state index contributed by atoms with van der Waals surface area (Å²) >= 11 is 1.60. The van der Waals surface area contributed by atoms with Crippen LogP contribution in [0.4, 0.5) is 0 Å². The Morgan fingerprint density at radius 1 is 1.28 bits per heavy atom. The molecular formula is C14H16N2OS. The molecule has 0 spiro atoms. The monoisotopic (exact) mass is 260 g/mol. The van der Waals surface area contributed by atoms with Gasteiger partial charge in [0, 0.05) is 16.3 Å². The number of rotatable bonds is 5. The Labute approximate surface area is 111 Å². The van der Waals surface area contributed by atoms with Crippen LogP contribution >= 0.6 is 11.3 Å². The van der Waals surface area contributed by atoms with E-state index in [1.54, 1.807) is 11.3 Å². The molecule has 1 aromatic heterocycles. The topological polar surface area (TPSA) is 55.1 Å². The molecule has 1 unspecified atom stereocenters. The van der Waals surface area contributed by atoms with Crippen LogP contribution in [0.5, 0.6) is 0 Å². The number of carbonyl (C=O) groups excluding carboxylic acids is 1. The van der Waals surface area contributed by atoms with Crippen molar-refractivity contribution in [3.05, 3.63) is 57.8 Å². The molecule has 0 aliphatic rings. The summed E-state index contributed by atoms with van der Waals surface area (Å²) in [4.78, 5) is 13.6. The van der Waals surface area contributed by atoms with Gasteiger partial charge in [-0.3, -0.25) is 10.1 Å². The van der Waals surface area contributed by atoms with E-state index in [-0.39, 0.29) is 5.91 Å². The van der Waals surface area contributed by atoms with Crippen molar-refractivity contribution in [3.63, 3.8) is 0 Å². The molecule has 0 bridgehead atoms. The van der Waals surface area contributed by atoms with Gasteiger partial charge in [-0.25, -0.2) is 0 Å². The minimum absolute atomic E-state index is 0.340. The number of thiophene rings is 1. The largest absolute Gasteiger partial charge is 0.368 e. The fourth-order valence-corrected chi connectivity index (χ4v) is 2.73. The first-order valence-corrected chi connectivity index (χ1v) is 6.61. The summed E-state index contributed by atoms with van der Waals surface area (Å²) in [6.45, 7) is 2.65. The van der Waals surface area contributed by atoms with E-state index >= 15 is 0 Å². The highest BCUT2D eigenvalue weighted by molar-refractivity contribution is 7.12. The number of benzene rings is 1. The molecule has 1 atom stereocenters. The molecule has 0 aliphatic heterocycles. The van der Waals surface area contributed by atoms with E-state index in [1.165, 1.54) is 4.88 Å². The van der Waals surface area contributed by atoms with Crippen LogP contribution in [-0.2, 0) is 11.3 Å². The smallest absolute Gasteiger partial charge is 0.240 e. The molecule has 94 valence electrons. The molecule has 1 heterocycles. The molecule has 0 saturated heterocycles. The Balaban J connectivity index is 2.06. The van der Waals surface area contributed by atoms with Crippen molar-refractivity contribution in [1.29, 1.82) is 0 Å². The van der Waals surface area contributed by atoms with Crippen LogP contribution in [0.2, 0.25) is 0 Å². The van der Waals surface area contributed by atoms with Gasteiger partial charge in [-0.1, -0.05) is 30.3 Å². The van der Waals surface area contributed by atoms with E-state index in [2.05, 4.69) is 5.32 Å². The third-order valence-corrected chi connectivity index (χ3v) is 3.75. The van der Waals surface area contributed by atoms with Gasteiger partial charge in [0.05, 0.1) is 0 Å². The molecule has 1 aromatic carbocycles. The molecule has 18 heavy (non-hydrogen) atoms. The Bertz CT molecular complexity index is 522. The Hall–Kier alpha value is -1.65. The van der Waals surface area contributed by atoms with Crippen molar-refractivity contribution < 1.29 is 4.79 Å². The predicted octanol–water partition coefficient (Wildman–Crippen LogP) is 2.37. The average Bonchev–Trinajstić information content (AvgIpc) is 2.77. The Morgan fingerprint density at radius 3 is 2.56 bits per heavy atom. The van der Waals surface area contributed by atoms with Gasteiger partial charge in [0.2, 0.25) is 5.91 Å². The summed E-state index contributed by atoms with van der Waals surface area (Å²) in [5.41, 5.74) is 6.58. The summed E-state index contributed by atoms with van der Waals surface area (Å²) in [6.07, 6.45) is 0. The van der Waals surface area contributed by atoms with Gasteiger partial charge < -0.3 is 5.73 Å². The SMILES string of the molecule is Cc1ccc(C(NCc2ccccc2)C(N)=O)s1. The highest BCUT2D eigenvalue weighted by Gasteiger charge is 2.18. The standard InChI is InChI=1S/C14H16N2OS/c1-10-7-8-12(18-10)13(14(15)17)16-9-11-5-3-2-4-6-11/h2-8,13,16H,9H2,1H3,(H2,15,17). The first-order valence-electron chi connectivity index (χ1n) is 5.80. The number of hydrogen-bond donors (Lipinski definition) is 2. The molecule has 3 nitrogen and oxygen atoms in total. The van der Waals surface area contributed by atoms with Gasteiger partial charge in [-0.05, 0) is 24.6 Å². The second-order valence-electron chi connectivity index (χ2n) is 4.15. The molecular weight excluding hydrogens is 244 g/mol. The van der Waals surface area contributed by atoms with Crippen molar-refractivity contribution in [2.75, 3.05) is 0 Å². The maximum atomic E-state index is 11.5. The summed E-state index contributed by atoms with van der Waals surface area (Å²) in [5, 5.41) is 3.20. The van der Waals surface area contributed by atoms with Crippen molar-refractivity contribution >= 4 is 17.2 Å². The number of primary amides is 1. The lowest BCUT2D eigenvalue weighted by Crippen LogP contribution is -2.32. The molecule has 2 aromatic rings. The summed E-state index contributed by atoms with van der Waals surface area (Å²) in [6, 6.07) is 13.5. The molecule has 3 N–H and O–H groups in total. The van der Waals surface area contributed by atoms with Gasteiger partial charge in [-0.15, -0.1) is 11.3 Å². The minimum atomic E-state index is -0.413. The summed E-state index contributed by atoms with van der Waals surface area (Å²) in [7, 11) is 0. The molecule has 2 rings (SSSR count). The molecule has 0 radical (unpaired) electrons. The highest BCUT2D eigenvalue weighted by atomic mass is 32.1. The Morgan fingerprint density at radius 2 is 2.00 bits per heavy atom. The second-order valence-corrected chi connectivity index (χ2v) is 5.47. The van der Waals surface area contributed by atoms with Crippen molar-refractivity contribution in [1.82, 2.24) is 5.32 Å². The maximum Gasteiger partial charge on any atom is 0.240 e. The lowest BCUT2D eigenvalue weighted by Gasteiger charge is -2.13. The van der Waals surface area contributed by atoms with E-state index in [0.29, 0.717) is 6.54 Å². The maximum absolute atomic E-state index is 11.5. The fraction of sp³-hybridized carbons (Fsp3) is 0.214. The van der Waals surface area contributed by atoms with Gasteiger partial charge in [0.1, 0.15) is 6.04 Å². The third-order valence-electron chi connectivity index (χ3n) is 2.68. The van der Waals surface area contributed by atoms with E-state index < -0.39 is 6.04 Å². The fourth-order valence-electron chi connectivity index (χ4n) is 1.77. The lowest BCUT2D eigenvalue weighted by atomic mass is 10.2. The quantitative estimate of drug-likeness (QED) is 0.867. The molecule has 0 fully saturated rings. The predicted molar refractivity (Wildman–Crippen MR) is 74.3 cm³/mol. The van der Waals surface area contributed by atoms with Crippen LogP contribution in [0.1, 0.15) is 21.4 Å². The van der Waals surface area contributed by atoms with E-state index in [0.717, 1.165) is 10.4 Å². The molecule has 0 saturated carbocycles. The van der Waals surface area contributed by atoms with Crippen molar-refractivity contribution in [3.8, 4) is 0 Å². The highest BCUT2D eigenvalue weighted by Crippen LogP contribution is 2.22. The minimum Gasteiger partial charge on any atom is -0.368 e. The van der Waals surface area contributed by atoms with Crippen LogP contribution in [0.25, 0.3) is 0 Å².